The van der Waals surface area contributed by atoms with E-state index in [0.29, 0.717) is 30.3 Å². The zero-order valence-corrected chi connectivity index (χ0v) is 25.0. The predicted molar refractivity (Wildman–Crippen MR) is 171 cm³/mol. The van der Waals surface area contributed by atoms with E-state index in [1.165, 1.54) is 25.3 Å². The van der Waals surface area contributed by atoms with Crippen molar-refractivity contribution in [1.82, 2.24) is 30.3 Å². The number of nitrogens with zero attached hydrogens (tertiary/aromatic N) is 4. The molecule has 2 aromatic heterocycles. The number of amides is 3. The SMILES string of the molecule is CNC(=O)/C=C/c1ccc(NC(=O)C2(NC(=O)c3ccc4c(C5CCCCC5)n(-c5ccccn5)nc4c3)CN(C)C2)cc1. The lowest BCUT2D eigenvalue weighted by Gasteiger charge is -2.47. The molecule has 2 aromatic carbocycles. The van der Waals surface area contributed by atoms with Crippen molar-refractivity contribution in [3.63, 3.8) is 0 Å². The van der Waals surface area contributed by atoms with Crippen LogP contribution in [0.4, 0.5) is 5.69 Å². The van der Waals surface area contributed by atoms with Crippen LogP contribution in [0.5, 0.6) is 0 Å². The van der Waals surface area contributed by atoms with Gasteiger partial charge in [-0.3, -0.25) is 14.4 Å². The zero-order valence-electron chi connectivity index (χ0n) is 25.0. The number of hydrogen-bond donors (Lipinski definition) is 3. The third-order valence-corrected chi connectivity index (χ3v) is 8.54. The Hall–Kier alpha value is -4.83. The number of likely N-dealkylation sites (tertiary alicyclic amines) is 1. The van der Waals surface area contributed by atoms with E-state index in [2.05, 4.69) is 20.9 Å². The number of anilines is 1. The summed E-state index contributed by atoms with van der Waals surface area (Å²) in [6.45, 7) is 0.778. The van der Waals surface area contributed by atoms with Crippen LogP contribution >= 0.6 is 0 Å². The Labute approximate surface area is 256 Å². The molecule has 44 heavy (non-hydrogen) atoms. The number of pyridine rings is 1. The largest absolute Gasteiger partial charge is 0.356 e. The average Bonchev–Trinajstić information content (AvgIpc) is 3.43. The van der Waals surface area contributed by atoms with Gasteiger partial charge in [0.2, 0.25) is 5.91 Å². The molecule has 3 N–H and O–H groups in total. The van der Waals surface area contributed by atoms with Crippen molar-refractivity contribution in [2.75, 3.05) is 32.5 Å². The second kappa shape index (κ2) is 12.4. The lowest BCUT2D eigenvalue weighted by molar-refractivity contribution is -0.128. The first-order valence-corrected chi connectivity index (χ1v) is 15.1. The second-order valence-electron chi connectivity index (χ2n) is 11.8. The number of aromatic nitrogens is 3. The fraction of sp³-hybridized carbons (Fsp3) is 0.324. The van der Waals surface area contributed by atoms with Gasteiger partial charge in [-0.2, -0.15) is 5.10 Å². The predicted octanol–water partition coefficient (Wildman–Crippen LogP) is 4.28. The molecule has 0 bridgehead atoms. The lowest BCUT2D eigenvalue weighted by Crippen LogP contribution is -2.74. The highest BCUT2D eigenvalue weighted by Crippen LogP contribution is 2.37. The van der Waals surface area contributed by atoms with Gasteiger partial charge in [-0.15, -0.1) is 0 Å². The molecule has 0 atom stereocenters. The smallest absolute Gasteiger partial charge is 0.252 e. The maximum Gasteiger partial charge on any atom is 0.252 e. The zero-order chi connectivity index (χ0) is 30.7. The van der Waals surface area contributed by atoms with Crippen LogP contribution in [0.1, 0.15) is 59.6 Å². The molecule has 0 unspecified atom stereocenters. The van der Waals surface area contributed by atoms with Crippen LogP contribution in [-0.4, -0.2) is 70.1 Å². The highest BCUT2D eigenvalue weighted by Gasteiger charge is 2.49. The van der Waals surface area contributed by atoms with Crippen molar-refractivity contribution in [1.29, 1.82) is 0 Å². The highest BCUT2D eigenvalue weighted by atomic mass is 16.2. The van der Waals surface area contributed by atoms with Crippen LogP contribution in [0.25, 0.3) is 22.8 Å². The number of likely N-dealkylation sites (N-methyl/N-ethyl adjacent to an activating group) is 2. The summed E-state index contributed by atoms with van der Waals surface area (Å²) >= 11 is 0. The van der Waals surface area contributed by atoms with Crippen molar-refractivity contribution in [3.05, 3.63) is 89.8 Å². The molecule has 0 spiro atoms. The molecule has 3 amide bonds. The number of benzene rings is 2. The van der Waals surface area contributed by atoms with Gasteiger partial charge < -0.3 is 20.9 Å². The summed E-state index contributed by atoms with van der Waals surface area (Å²) in [5, 5.41) is 14.5. The number of carbonyl (C=O) groups excluding carboxylic acids is 3. The molecule has 2 fully saturated rings. The monoisotopic (exact) mass is 591 g/mol. The van der Waals surface area contributed by atoms with E-state index in [9.17, 15) is 14.4 Å². The minimum Gasteiger partial charge on any atom is -0.356 e. The Balaban J connectivity index is 1.22. The second-order valence-corrected chi connectivity index (χ2v) is 11.8. The summed E-state index contributed by atoms with van der Waals surface area (Å²) in [6.07, 6.45) is 10.8. The first-order valence-electron chi connectivity index (χ1n) is 15.1. The molecule has 10 nitrogen and oxygen atoms in total. The third-order valence-electron chi connectivity index (χ3n) is 8.54. The third kappa shape index (κ3) is 5.98. The van der Waals surface area contributed by atoms with Crippen LogP contribution in [0.2, 0.25) is 0 Å². The van der Waals surface area contributed by atoms with Crippen molar-refractivity contribution in [2.45, 2.75) is 43.6 Å². The Bertz CT molecular complexity index is 1700. The maximum absolute atomic E-state index is 13.6. The molecule has 226 valence electrons. The van der Waals surface area contributed by atoms with Gasteiger partial charge >= 0.3 is 0 Å². The topological polar surface area (TPSA) is 121 Å². The number of rotatable bonds is 8. The highest BCUT2D eigenvalue weighted by molar-refractivity contribution is 6.06. The molecular weight excluding hydrogens is 554 g/mol. The van der Waals surface area contributed by atoms with Crippen molar-refractivity contribution < 1.29 is 14.4 Å². The van der Waals surface area contributed by atoms with E-state index in [4.69, 9.17) is 5.10 Å². The molecule has 10 heteroatoms. The van der Waals surface area contributed by atoms with Gasteiger partial charge in [-0.1, -0.05) is 43.5 Å². The molecular formula is C34H37N7O3. The average molecular weight is 592 g/mol. The van der Waals surface area contributed by atoms with E-state index in [-0.39, 0.29) is 17.7 Å². The van der Waals surface area contributed by atoms with Gasteiger partial charge in [0, 0.05) is 55.0 Å². The first kappa shape index (κ1) is 29.3. The normalized spacial score (nSPS) is 16.9. The van der Waals surface area contributed by atoms with Crippen LogP contribution in [0, 0.1) is 0 Å². The summed E-state index contributed by atoms with van der Waals surface area (Å²) < 4.78 is 1.94. The molecule has 0 radical (unpaired) electrons. The van der Waals surface area contributed by atoms with Crippen LogP contribution < -0.4 is 16.0 Å². The van der Waals surface area contributed by atoms with E-state index < -0.39 is 5.54 Å². The van der Waals surface area contributed by atoms with Gasteiger partial charge in [0.25, 0.3) is 11.8 Å². The Morgan fingerprint density at radius 3 is 2.43 bits per heavy atom. The summed E-state index contributed by atoms with van der Waals surface area (Å²) in [5.41, 5.74) is 2.69. The van der Waals surface area contributed by atoms with Crippen LogP contribution in [0.15, 0.2) is 72.9 Å². The van der Waals surface area contributed by atoms with Crippen LogP contribution in [-0.2, 0) is 9.59 Å². The fourth-order valence-corrected chi connectivity index (χ4v) is 6.30. The Morgan fingerprint density at radius 1 is 0.977 bits per heavy atom. The summed E-state index contributed by atoms with van der Waals surface area (Å²) in [7, 11) is 3.48. The van der Waals surface area contributed by atoms with E-state index in [1.54, 1.807) is 31.5 Å². The number of carbonyl (C=O) groups is 3. The van der Waals surface area contributed by atoms with Crippen molar-refractivity contribution in [3.8, 4) is 5.82 Å². The summed E-state index contributed by atoms with van der Waals surface area (Å²) in [5.74, 6) is 0.349. The van der Waals surface area contributed by atoms with Crippen molar-refractivity contribution >= 4 is 40.4 Å². The standard InChI is InChI=1S/C34H37N7O3/c1-35-30(42)18-13-23-11-15-26(16-12-23)37-33(44)34(21-40(2)22-34)38-32(43)25-14-17-27-28(20-25)39-41(29-10-6-7-19-36-29)31(27)24-8-4-3-5-9-24/h6-7,10-20,24H,3-5,8-9,21-22H2,1-2H3,(H,35,42)(H,37,44)(H,38,43)/b18-13+. The van der Waals surface area contributed by atoms with Gasteiger partial charge in [0.05, 0.1) is 11.2 Å². The van der Waals surface area contributed by atoms with E-state index in [0.717, 1.165) is 40.8 Å². The number of hydrogen-bond acceptors (Lipinski definition) is 6. The molecule has 2 aliphatic rings. The van der Waals surface area contributed by atoms with Crippen molar-refractivity contribution in [2.24, 2.45) is 0 Å². The van der Waals surface area contributed by atoms with Gasteiger partial charge in [-0.25, -0.2) is 9.67 Å². The molecule has 1 saturated heterocycles. The minimum atomic E-state index is -1.07. The molecule has 1 aliphatic carbocycles. The Kier molecular flexibility index (Phi) is 8.25. The van der Waals surface area contributed by atoms with E-state index >= 15 is 0 Å². The summed E-state index contributed by atoms with van der Waals surface area (Å²) in [6, 6.07) is 18.6. The first-order chi connectivity index (χ1) is 21.3. The lowest BCUT2D eigenvalue weighted by atomic mass is 9.85. The van der Waals surface area contributed by atoms with Gasteiger partial charge in [0.1, 0.15) is 5.54 Å². The van der Waals surface area contributed by atoms with Crippen LogP contribution in [0.3, 0.4) is 0 Å². The number of nitrogens with one attached hydrogen (secondary N) is 3. The Morgan fingerprint density at radius 2 is 1.75 bits per heavy atom. The maximum atomic E-state index is 13.6. The minimum absolute atomic E-state index is 0.195. The quantitative estimate of drug-likeness (QED) is 0.263. The molecule has 6 rings (SSSR count). The van der Waals surface area contributed by atoms with Gasteiger partial charge in [-0.05, 0) is 67.9 Å². The molecule has 1 saturated carbocycles. The molecule has 4 aromatic rings. The summed E-state index contributed by atoms with van der Waals surface area (Å²) in [4.78, 5) is 45.2. The fourth-order valence-electron chi connectivity index (χ4n) is 6.30. The van der Waals surface area contributed by atoms with E-state index in [1.807, 2.05) is 65.2 Å². The molecule has 3 heterocycles. The van der Waals surface area contributed by atoms with Gasteiger partial charge in [0.15, 0.2) is 5.82 Å². The molecule has 1 aliphatic heterocycles. The number of fused-ring (bicyclic) bond motifs is 1.